The van der Waals surface area contributed by atoms with Gasteiger partial charge in [-0.2, -0.15) is 15.3 Å². The van der Waals surface area contributed by atoms with E-state index in [1.165, 1.54) is 18.1 Å². The summed E-state index contributed by atoms with van der Waals surface area (Å²) >= 11 is 1.67. The molecule has 9 heteroatoms. The molecule has 1 aliphatic rings. The molecule has 1 amide bonds. The lowest BCUT2D eigenvalue weighted by Crippen LogP contribution is -2.36. The van der Waals surface area contributed by atoms with Crippen molar-refractivity contribution < 1.29 is 4.79 Å². The molecule has 0 aromatic carbocycles. The molecule has 3 aromatic heterocycles. The molecular formula is C17H19N7OS. The van der Waals surface area contributed by atoms with E-state index in [0.29, 0.717) is 12.1 Å². The van der Waals surface area contributed by atoms with Crippen molar-refractivity contribution in [2.45, 2.75) is 19.6 Å². The second-order valence-electron chi connectivity index (χ2n) is 6.31. The van der Waals surface area contributed by atoms with Crippen LogP contribution in [0.5, 0.6) is 0 Å². The van der Waals surface area contributed by atoms with E-state index in [-0.39, 0.29) is 11.8 Å². The van der Waals surface area contributed by atoms with Crippen LogP contribution in [0.15, 0.2) is 42.3 Å². The second kappa shape index (κ2) is 7.71. The monoisotopic (exact) mass is 369 g/mol. The zero-order valence-electron chi connectivity index (χ0n) is 14.2. The van der Waals surface area contributed by atoms with Gasteiger partial charge in [0.1, 0.15) is 5.01 Å². The fourth-order valence-corrected chi connectivity index (χ4v) is 3.81. The maximum Gasteiger partial charge on any atom is 0.252 e. The number of aromatic nitrogens is 5. The van der Waals surface area contributed by atoms with Crippen LogP contribution in [0.25, 0.3) is 0 Å². The number of carbonyl (C=O) groups excluding carboxylic acids is 1. The molecule has 1 aliphatic heterocycles. The average molecular weight is 369 g/mol. The number of nitrogens with zero attached hydrogens (tertiary/aromatic N) is 6. The molecule has 4 rings (SSSR count). The summed E-state index contributed by atoms with van der Waals surface area (Å²) in [4.78, 5) is 19.0. The Morgan fingerprint density at radius 1 is 1.23 bits per heavy atom. The third-order valence-corrected chi connectivity index (χ3v) is 5.14. The minimum Gasteiger partial charge on any atom is -0.352 e. The van der Waals surface area contributed by atoms with Gasteiger partial charge >= 0.3 is 0 Å². The van der Waals surface area contributed by atoms with Crippen molar-refractivity contribution in [3.63, 3.8) is 0 Å². The molecule has 0 radical (unpaired) electrons. The summed E-state index contributed by atoms with van der Waals surface area (Å²) in [6, 6.07) is 3.72. The Hall–Kier alpha value is -2.65. The quantitative estimate of drug-likeness (QED) is 0.727. The third kappa shape index (κ3) is 3.94. The van der Waals surface area contributed by atoms with Crippen molar-refractivity contribution in [3.05, 3.63) is 58.6 Å². The Morgan fingerprint density at radius 3 is 3.00 bits per heavy atom. The van der Waals surface area contributed by atoms with Gasteiger partial charge in [-0.1, -0.05) is 0 Å². The maximum atomic E-state index is 12.3. The number of hydrogen-bond donors (Lipinski definition) is 1. The molecule has 0 spiro atoms. The fraction of sp³-hybridized carbons (Fsp3) is 0.353. The van der Waals surface area contributed by atoms with Gasteiger partial charge in [0.2, 0.25) is 0 Å². The van der Waals surface area contributed by atoms with Crippen molar-refractivity contribution in [2.24, 2.45) is 5.92 Å². The Kier molecular flexibility index (Phi) is 4.98. The molecule has 0 saturated carbocycles. The lowest BCUT2D eigenvalue weighted by molar-refractivity contribution is 0.0939. The molecule has 1 atom stereocenters. The first-order chi connectivity index (χ1) is 12.8. The molecule has 26 heavy (non-hydrogen) atoms. The van der Waals surface area contributed by atoms with Crippen LogP contribution in [-0.2, 0) is 19.6 Å². The Balaban J connectivity index is 1.43. The van der Waals surface area contributed by atoms with E-state index in [0.717, 1.165) is 31.2 Å². The summed E-state index contributed by atoms with van der Waals surface area (Å²) in [5.74, 6) is 0.131. The van der Waals surface area contributed by atoms with Crippen molar-refractivity contribution in [3.8, 4) is 0 Å². The van der Waals surface area contributed by atoms with E-state index < -0.39 is 0 Å². The molecular weight excluding hydrogens is 350 g/mol. The molecule has 3 aromatic rings. The first-order valence-corrected chi connectivity index (χ1v) is 9.32. The van der Waals surface area contributed by atoms with Gasteiger partial charge in [0.25, 0.3) is 5.91 Å². The van der Waals surface area contributed by atoms with Gasteiger partial charge in [0, 0.05) is 49.9 Å². The van der Waals surface area contributed by atoms with E-state index in [1.807, 2.05) is 22.5 Å². The number of thiazole rings is 1. The van der Waals surface area contributed by atoms with Gasteiger partial charge in [0.15, 0.2) is 0 Å². The van der Waals surface area contributed by atoms with Crippen LogP contribution in [0.2, 0.25) is 0 Å². The van der Waals surface area contributed by atoms with Crippen LogP contribution in [0.1, 0.15) is 21.1 Å². The van der Waals surface area contributed by atoms with Crippen LogP contribution in [0.4, 0.5) is 0 Å². The highest BCUT2D eigenvalue weighted by atomic mass is 32.1. The highest BCUT2D eigenvalue weighted by Gasteiger charge is 2.23. The lowest BCUT2D eigenvalue weighted by Gasteiger charge is -2.23. The number of fused-ring (bicyclic) bond motifs is 1. The van der Waals surface area contributed by atoms with Crippen LogP contribution in [0.3, 0.4) is 0 Å². The fourth-order valence-electron chi connectivity index (χ4n) is 3.16. The van der Waals surface area contributed by atoms with Crippen LogP contribution < -0.4 is 5.32 Å². The maximum absolute atomic E-state index is 12.3. The number of carbonyl (C=O) groups is 1. The largest absolute Gasteiger partial charge is 0.352 e. The van der Waals surface area contributed by atoms with E-state index in [2.05, 4.69) is 36.6 Å². The summed E-state index contributed by atoms with van der Waals surface area (Å²) in [5.41, 5.74) is 1.71. The first kappa shape index (κ1) is 16.8. The standard InChI is InChI=1S/C17H19N7OS/c25-17(14-1-3-20-21-8-14)19-7-13-9-23(12-16-18-5-6-26-16)11-15-2-4-22-24(15)10-13/h1-6,8,13H,7,9-12H2,(H,19,25)/t13-/m0/s1. The number of hydrogen-bond acceptors (Lipinski definition) is 7. The van der Waals surface area contributed by atoms with E-state index in [1.54, 1.807) is 17.4 Å². The molecule has 4 heterocycles. The normalized spacial score (nSPS) is 17.5. The topological polar surface area (TPSA) is 88.8 Å². The molecule has 0 bridgehead atoms. The van der Waals surface area contributed by atoms with E-state index in [9.17, 15) is 4.79 Å². The molecule has 0 saturated heterocycles. The molecule has 0 fully saturated rings. The third-order valence-electron chi connectivity index (χ3n) is 4.38. The second-order valence-corrected chi connectivity index (χ2v) is 7.29. The smallest absolute Gasteiger partial charge is 0.252 e. The average Bonchev–Trinajstić information content (AvgIpc) is 3.29. The first-order valence-electron chi connectivity index (χ1n) is 8.44. The van der Waals surface area contributed by atoms with Gasteiger partial charge in [-0.3, -0.25) is 14.4 Å². The molecule has 0 aliphatic carbocycles. The Labute approximate surface area is 154 Å². The van der Waals surface area contributed by atoms with Gasteiger partial charge in [-0.15, -0.1) is 11.3 Å². The molecule has 134 valence electrons. The molecule has 0 unspecified atom stereocenters. The van der Waals surface area contributed by atoms with Crippen LogP contribution in [-0.4, -0.2) is 48.9 Å². The summed E-state index contributed by atoms with van der Waals surface area (Å²) in [6.45, 7) is 3.87. The van der Waals surface area contributed by atoms with E-state index >= 15 is 0 Å². The van der Waals surface area contributed by atoms with Gasteiger partial charge in [-0.25, -0.2) is 4.98 Å². The highest BCUT2D eigenvalue weighted by Crippen LogP contribution is 2.18. The minimum atomic E-state index is -0.128. The minimum absolute atomic E-state index is 0.128. The molecule has 8 nitrogen and oxygen atoms in total. The van der Waals surface area contributed by atoms with Crippen LogP contribution in [0, 0.1) is 5.92 Å². The number of rotatable bonds is 5. The number of amides is 1. The predicted molar refractivity (Wildman–Crippen MR) is 96.3 cm³/mol. The summed E-state index contributed by atoms with van der Waals surface area (Å²) in [7, 11) is 0. The van der Waals surface area contributed by atoms with Gasteiger partial charge in [0.05, 0.1) is 30.2 Å². The zero-order chi connectivity index (χ0) is 17.8. The van der Waals surface area contributed by atoms with Crippen molar-refractivity contribution in [2.75, 3.05) is 13.1 Å². The lowest BCUT2D eigenvalue weighted by atomic mass is 10.1. The van der Waals surface area contributed by atoms with Crippen molar-refractivity contribution >= 4 is 17.2 Å². The zero-order valence-corrected chi connectivity index (χ0v) is 15.0. The van der Waals surface area contributed by atoms with Crippen LogP contribution >= 0.6 is 11.3 Å². The predicted octanol–water partition coefficient (Wildman–Crippen LogP) is 1.19. The summed E-state index contributed by atoms with van der Waals surface area (Å²) in [6.07, 6.45) is 6.66. The SMILES string of the molecule is O=C(NC[C@H]1CN(Cc2nccs2)Cc2ccnn2C1)c1ccnnc1. The van der Waals surface area contributed by atoms with Crippen molar-refractivity contribution in [1.82, 2.24) is 35.2 Å². The van der Waals surface area contributed by atoms with E-state index in [4.69, 9.17) is 0 Å². The number of nitrogens with one attached hydrogen (secondary N) is 1. The summed E-state index contributed by atoms with van der Waals surface area (Å²) in [5, 5.41) is 18.0. The summed E-state index contributed by atoms with van der Waals surface area (Å²) < 4.78 is 2.03. The Morgan fingerprint density at radius 2 is 2.19 bits per heavy atom. The van der Waals surface area contributed by atoms with Crippen molar-refractivity contribution in [1.29, 1.82) is 0 Å². The molecule has 1 N–H and O–H groups in total. The van der Waals surface area contributed by atoms with Gasteiger partial charge < -0.3 is 5.32 Å². The highest BCUT2D eigenvalue weighted by molar-refractivity contribution is 7.09. The van der Waals surface area contributed by atoms with Gasteiger partial charge in [-0.05, 0) is 12.1 Å². The Bertz CT molecular complexity index is 849.